The topological polar surface area (TPSA) is 55.1 Å². The molecular weight excluding hydrogens is 236 g/mol. The number of fused-ring (bicyclic) bond motifs is 2. The van der Waals surface area contributed by atoms with Gasteiger partial charge in [0.05, 0.1) is 5.54 Å². The Morgan fingerprint density at radius 3 is 2.53 bits per heavy atom. The zero-order valence-electron chi connectivity index (χ0n) is 13.2. The fraction of sp³-hybridized carbons (Fsp3) is 0.938. The second kappa shape index (κ2) is 4.47. The average Bonchev–Trinajstić information content (AvgIpc) is 2.75. The maximum atomic E-state index is 12.5. The van der Waals surface area contributed by atoms with Gasteiger partial charge in [-0.1, -0.05) is 34.1 Å². The van der Waals surface area contributed by atoms with E-state index in [0.29, 0.717) is 0 Å². The van der Waals surface area contributed by atoms with Gasteiger partial charge in [0.25, 0.3) is 0 Å². The molecule has 0 radical (unpaired) electrons. The summed E-state index contributed by atoms with van der Waals surface area (Å²) in [7, 11) is 0. The first-order chi connectivity index (χ1) is 8.63. The van der Waals surface area contributed by atoms with Gasteiger partial charge >= 0.3 is 0 Å². The predicted molar refractivity (Wildman–Crippen MR) is 78.7 cm³/mol. The molecule has 2 bridgehead atoms. The van der Waals surface area contributed by atoms with Crippen molar-refractivity contribution in [1.82, 2.24) is 5.32 Å². The Hall–Kier alpha value is -0.570. The molecular formula is C16H30N2O. The molecule has 2 rings (SSSR count). The summed E-state index contributed by atoms with van der Waals surface area (Å²) < 4.78 is 0. The van der Waals surface area contributed by atoms with E-state index in [2.05, 4.69) is 33.0 Å². The number of nitrogens with one attached hydrogen (secondary N) is 1. The Morgan fingerprint density at radius 2 is 2.05 bits per heavy atom. The van der Waals surface area contributed by atoms with Crippen LogP contribution < -0.4 is 11.1 Å². The summed E-state index contributed by atoms with van der Waals surface area (Å²) in [5, 5.41) is 3.30. The lowest BCUT2D eigenvalue weighted by Crippen LogP contribution is -2.60. The molecule has 2 saturated carbocycles. The molecule has 4 unspecified atom stereocenters. The molecule has 3 heteroatoms. The second-order valence-corrected chi connectivity index (χ2v) is 7.99. The largest absolute Gasteiger partial charge is 0.351 e. The van der Waals surface area contributed by atoms with Gasteiger partial charge < -0.3 is 11.1 Å². The standard InChI is InChI=1S/C16H30N2O/c1-6-8-16(5,17)13(19)18-12-14(2,3)11-7-9-15(12,4)10-11/h11-12H,6-10,17H2,1-5H3,(H,18,19). The Morgan fingerprint density at radius 1 is 1.42 bits per heavy atom. The molecule has 19 heavy (non-hydrogen) atoms. The maximum absolute atomic E-state index is 12.5. The summed E-state index contributed by atoms with van der Waals surface area (Å²) in [5.74, 6) is 0.777. The third-order valence-electron chi connectivity index (χ3n) is 5.83. The van der Waals surface area contributed by atoms with Crippen LogP contribution in [0, 0.1) is 16.7 Å². The van der Waals surface area contributed by atoms with Crippen LogP contribution in [0.1, 0.15) is 66.7 Å². The van der Waals surface area contributed by atoms with E-state index < -0.39 is 5.54 Å². The molecule has 0 spiro atoms. The van der Waals surface area contributed by atoms with Crippen LogP contribution in [0.25, 0.3) is 0 Å². The molecule has 3 N–H and O–H groups in total. The molecule has 2 fully saturated rings. The lowest BCUT2D eigenvalue weighted by Gasteiger charge is -2.44. The van der Waals surface area contributed by atoms with Gasteiger partial charge in [0.2, 0.25) is 5.91 Å². The Labute approximate surface area is 117 Å². The SMILES string of the molecule is CCCC(C)(N)C(=O)NC1C2(C)CCC(C2)C1(C)C. The van der Waals surface area contributed by atoms with Crippen LogP contribution in [0.4, 0.5) is 0 Å². The highest BCUT2D eigenvalue weighted by atomic mass is 16.2. The van der Waals surface area contributed by atoms with E-state index in [9.17, 15) is 4.79 Å². The van der Waals surface area contributed by atoms with Gasteiger partial charge in [-0.25, -0.2) is 0 Å². The number of amides is 1. The second-order valence-electron chi connectivity index (χ2n) is 7.99. The van der Waals surface area contributed by atoms with Crippen molar-refractivity contribution in [2.24, 2.45) is 22.5 Å². The number of hydrogen-bond acceptors (Lipinski definition) is 2. The monoisotopic (exact) mass is 266 g/mol. The molecule has 0 aromatic carbocycles. The van der Waals surface area contributed by atoms with Crippen molar-refractivity contribution in [1.29, 1.82) is 0 Å². The third-order valence-corrected chi connectivity index (χ3v) is 5.83. The fourth-order valence-corrected chi connectivity index (χ4v) is 4.59. The first-order valence-corrected chi connectivity index (χ1v) is 7.73. The summed E-state index contributed by atoms with van der Waals surface area (Å²) in [4.78, 5) is 12.5. The van der Waals surface area contributed by atoms with Gasteiger partial charge in [0.1, 0.15) is 0 Å². The van der Waals surface area contributed by atoms with Crippen molar-refractivity contribution < 1.29 is 4.79 Å². The van der Waals surface area contributed by atoms with Crippen LogP contribution in [0.3, 0.4) is 0 Å². The van der Waals surface area contributed by atoms with Crippen molar-refractivity contribution in [3.05, 3.63) is 0 Å². The van der Waals surface area contributed by atoms with Crippen LogP contribution in [0.5, 0.6) is 0 Å². The molecule has 4 atom stereocenters. The van der Waals surface area contributed by atoms with E-state index in [1.165, 1.54) is 19.3 Å². The number of hydrogen-bond donors (Lipinski definition) is 2. The van der Waals surface area contributed by atoms with Crippen LogP contribution in [0.2, 0.25) is 0 Å². The number of nitrogens with two attached hydrogens (primary N) is 1. The molecule has 0 aromatic heterocycles. The highest BCUT2D eigenvalue weighted by Gasteiger charge is 2.60. The molecule has 0 saturated heterocycles. The predicted octanol–water partition coefficient (Wildman–Crippen LogP) is 2.83. The lowest BCUT2D eigenvalue weighted by atomic mass is 9.68. The first kappa shape index (κ1) is 14.8. The van der Waals surface area contributed by atoms with Crippen molar-refractivity contribution in [2.45, 2.75) is 78.3 Å². The molecule has 110 valence electrons. The summed E-state index contributed by atoms with van der Waals surface area (Å²) in [6, 6.07) is 0.269. The van der Waals surface area contributed by atoms with Gasteiger partial charge in [-0.15, -0.1) is 0 Å². The van der Waals surface area contributed by atoms with Crippen molar-refractivity contribution in [3.63, 3.8) is 0 Å². The number of carbonyl (C=O) groups is 1. The highest BCUT2D eigenvalue weighted by molar-refractivity contribution is 5.86. The normalized spacial score (nSPS) is 39.1. The van der Waals surface area contributed by atoms with E-state index in [0.717, 1.165) is 18.8 Å². The number of rotatable bonds is 4. The molecule has 0 aromatic rings. The van der Waals surface area contributed by atoms with Gasteiger partial charge in [-0.2, -0.15) is 0 Å². The van der Waals surface area contributed by atoms with Gasteiger partial charge in [0.15, 0.2) is 0 Å². The number of carbonyl (C=O) groups excluding carboxylic acids is 1. The molecule has 2 aliphatic rings. The lowest BCUT2D eigenvalue weighted by molar-refractivity contribution is -0.128. The van der Waals surface area contributed by atoms with Crippen LogP contribution in [-0.4, -0.2) is 17.5 Å². The zero-order valence-corrected chi connectivity index (χ0v) is 13.2. The van der Waals surface area contributed by atoms with Gasteiger partial charge in [0, 0.05) is 6.04 Å². The highest BCUT2D eigenvalue weighted by Crippen LogP contribution is 2.62. The molecule has 1 amide bonds. The fourth-order valence-electron chi connectivity index (χ4n) is 4.59. The Kier molecular flexibility index (Phi) is 3.49. The van der Waals surface area contributed by atoms with Crippen LogP contribution >= 0.6 is 0 Å². The van der Waals surface area contributed by atoms with Crippen LogP contribution in [0.15, 0.2) is 0 Å². The van der Waals surface area contributed by atoms with Crippen molar-refractivity contribution in [3.8, 4) is 0 Å². The van der Waals surface area contributed by atoms with E-state index in [1.54, 1.807) is 0 Å². The minimum Gasteiger partial charge on any atom is -0.351 e. The van der Waals surface area contributed by atoms with Gasteiger partial charge in [-0.3, -0.25) is 4.79 Å². The summed E-state index contributed by atoms with van der Waals surface area (Å²) in [5.41, 5.74) is 5.90. The summed E-state index contributed by atoms with van der Waals surface area (Å²) in [6.07, 6.45) is 5.48. The van der Waals surface area contributed by atoms with Crippen molar-refractivity contribution in [2.75, 3.05) is 0 Å². The smallest absolute Gasteiger partial charge is 0.240 e. The van der Waals surface area contributed by atoms with Crippen molar-refractivity contribution >= 4 is 5.91 Å². The maximum Gasteiger partial charge on any atom is 0.240 e. The third kappa shape index (κ3) is 2.31. The molecule has 3 nitrogen and oxygen atoms in total. The molecule has 0 aliphatic heterocycles. The van der Waals surface area contributed by atoms with E-state index >= 15 is 0 Å². The van der Waals surface area contributed by atoms with Crippen LogP contribution in [-0.2, 0) is 4.79 Å². The quantitative estimate of drug-likeness (QED) is 0.822. The minimum atomic E-state index is -0.733. The Bertz CT molecular complexity index is 370. The molecule has 0 heterocycles. The summed E-state index contributed by atoms with van der Waals surface area (Å²) in [6.45, 7) is 10.9. The van der Waals surface area contributed by atoms with E-state index in [-0.39, 0.29) is 22.8 Å². The van der Waals surface area contributed by atoms with E-state index in [4.69, 9.17) is 5.73 Å². The Balaban J connectivity index is 2.13. The van der Waals surface area contributed by atoms with Gasteiger partial charge in [-0.05, 0) is 49.4 Å². The first-order valence-electron chi connectivity index (χ1n) is 7.73. The molecule has 2 aliphatic carbocycles. The average molecular weight is 266 g/mol. The van der Waals surface area contributed by atoms with E-state index in [1.807, 2.05) is 6.92 Å². The minimum absolute atomic E-state index is 0.0289. The summed E-state index contributed by atoms with van der Waals surface area (Å²) >= 11 is 0. The zero-order chi connectivity index (χ0) is 14.5.